The minimum atomic E-state index is -3.50. The fraction of sp³-hybridized carbons (Fsp3) is 0.650. The molecule has 6 heteroatoms. The Morgan fingerprint density at radius 1 is 1.27 bits per heavy atom. The summed E-state index contributed by atoms with van der Waals surface area (Å²) in [5.74, 6) is 2.56. The lowest BCUT2D eigenvalue weighted by Crippen LogP contribution is -2.46. The molecule has 0 heterocycles. The van der Waals surface area contributed by atoms with Gasteiger partial charge in [0.15, 0.2) is 0 Å². The first kappa shape index (κ1) is 17.8. The van der Waals surface area contributed by atoms with Gasteiger partial charge in [0.25, 0.3) is 0 Å². The summed E-state index contributed by atoms with van der Waals surface area (Å²) in [5.41, 5.74) is 3.57. The van der Waals surface area contributed by atoms with Crippen molar-refractivity contribution >= 4 is 15.8 Å². The molecule has 2 saturated carbocycles. The first-order valence-electron chi connectivity index (χ1n) is 9.46. The van der Waals surface area contributed by atoms with Crippen molar-refractivity contribution in [2.24, 2.45) is 28.3 Å². The third-order valence-electron chi connectivity index (χ3n) is 7.10. The minimum Gasteiger partial charge on any atom is -0.411 e. The molecule has 26 heavy (non-hydrogen) atoms. The summed E-state index contributed by atoms with van der Waals surface area (Å²) in [7, 11) is -3.50. The van der Waals surface area contributed by atoms with Crippen LogP contribution < -0.4 is 4.18 Å². The zero-order chi connectivity index (χ0) is 18.7. The number of rotatable bonds is 2. The fourth-order valence-electron chi connectivity index (χ4n) is 6.29. The fourth-order valence-corrected chi connectivity index (χ4v) is 6.74. The first-order valence-corrected chi connectivity index (χ1v) is 11.3. The number of oxime groups is 1. The van der Waals surface area contributed by atoms with Gasteiger partial charge >= 0.3 is 10.1 Å². The molecule has 0 bridgehead atoms. The summed E-state index contributed by atoms with van der Waals surface area (Å²) < 4.78 is 27.9. The normalized spacial score (nSPS) is 37.7. The maximum absolute atomic E-state index is 11.4. The van der Waals surface area contributed by atoms with E-state index in [1.165, 1.54) is 11.1 Å². The molecule has 0 spiro atoms. The van der Waals surface area contributed by atoms with Gasteiger partial charge in [-0.25, -0.2) is 0 Å². The summed E-state index contributed by atoms with van der Waals surface area (Å²) in [6, 6.07) is 5.77. The molecule has 3 aliphatic carbocycles. The van der Waals surface area contributed by atoms with Crippen LogP contribution in [0.2, 0.25) is 0 Å². The van der Waals surface area contributed by atoms with Gasteiger partial charge in [-0.05, 0) is 79.0 Å². The van der Waals surface area contributed by atoms with Crippen LogP contribution in [0.4, 0.5) is 0 Å². The lowest BCUT2D eigenvalue weighted by atomic mass is 9.52. The van der Waals surface area contributed by atoms with E-state index in [9.17, 15) is 13.6 Å². The summed E-state index contributed by atoms with van der Waals surface area (Å²) in [6.07, 6.45) is 6.17. The average Bonchev–Trinajstić information content (AvgIpc) is 2.88. The molecule has 4 rings (SSSR count). The topological polar surface area (TPSA) is 76.0 Å². The highest BCUT2D eigenvalue weighted by Crippen LogP contribution is 2.61. The highest BCUT2D eigenvalue weighted by molar-refractivity contribution is 7.86. The Balaban J connectivity index is 1.69. The summed E-state index contributed by atoms with van der Waals surface area (Å²) in [6.45, 7) is 4.59. The number of benzene rings is 1. The van der Waals surface area contributed by atoms with Gasteiger partial charge in [-0.2, -0.15) is 8.42 Å². The maximum Gasteiger partial charge on any atom is 0.306 e. The SMILES string of the molecule is C[C@H]1C[C@]2(C)C(=NO)CC[C@H]2[C@@H]2CCc3cc(OS(C)(=O)=O)ccc3[C@H]21. The number of hydrogen-bond donors (Lipinski definition) is 1. The van der Waals surface area contributed by atoms with Crippen LogP contribution in [0.5, 0.6) is 5.75 Å². The van der Waals surface area contributed by atoms with E-state index in [4.69, 9.17) is 4.18 Å². The van der Waals surface area contributed by atoms with Crippen molar-refractivity contribution in [1.29, 1.82) is 0 Å². The van der Waals surface area contributed by atoms with Crippen molar-refractivity contribution in [2.75, 3.05) is 6.26 Å². The van der Waals surface area contributed by atoms with Crippen LogP contribution in [-0.4, -0.2) is 25.6 Å². The van der Waals surface area contributed by atoms with E-state index in [-0.39, 0.29) is 5.41 Å². The van der Waals surface area contributed by atoms with Crippen LogP contribution >= 0.6 is 0 Å². The Kier molecular flexibility index (Phi) is 4.10. The number of hydrogen-bond acceptors (Lipinski definition) is 5. The van der Waals surface area contributed by atoms with Crippen LogP contribution in [0.1, 0.15) is 56.6 Å². The predicted octanol–water partition coefficient (Wildman–Crippen LogP) is 3.96. The van der Waals surface area contributed by atoms with Gasteiger partial charge < -0.3 is 9.39 Å². The average molecular weight is 378 g/mol. The van der Waals surface area contributed by atoms with E-state index in [2.05, 4.69) is 25.1 Å². The molecule has 0 aromatic heterocycles. The predicted molar refractivity (Wildman–Crippen MR) is 100 cm³/mol. The van der Waals surface area contributed by atoms with E-state index < -0.39 is 10.1 Å². The van der Waals surface area contributed by atoms with Crippen LogP contribution in [0, 0.1) is 23.2 Å². The molecule has 0 amide bonds. The molecule has 3 aliphatic rings. The van der Waals surface area contributed by atoms with Gasteiger partial charge in [0, 0.05) is 5.41 Å². The molecule has 0 radical (unpaired) electrons. The van der Waals surface area contributed by atoms with E-state index >= 15 is 0 Å². The van der Waals surface area contributed by atoms with E-state index in [0.29, 0.717) is 29.4 Å². The second kappa shape index (κ2) is 5.98. The zero-order valence-electron chi connectivity index (χ0n) is 15.6. The third kappa shape index (κ3) is 2.73. The molecule has 1 aromatic rings. The van der Waals surface area contributed by atoms with Gasteiger partial charge in [-0.15, -0.1) is 0 Å². The Labute approximate surface area is 155 Å². The molecule has 0 saturated heterocycles. The largest absolute Gasteiger partial charge is 0.411 e. The summed E-state index contributed by atoms with van der Waals surface area (Å²) in [5, 5.41) is 13.1. The minimum absolute atomic E-state index is 0.0200. The maximum atomic E-state index is 11.4. The first-order chi connectivity index (χ1) is 12.2. The van der Waals surface area contributed by atoms with Crippen LogP contribution in [0.15, 0.2) is 23.4 Å². The molecule has 1 aromatic carbocycles. The van der Waals surface area contributed by atoms with Crippen molar-refractivity contribution in [3.05, 3.63) is 29.3 Å². The Morgan fingerprint density at radius 2 is 2.04 bits per heavy atom. The monoisotopic (exact) mass is 377 g/mol. The lowest BCUT2D eigenvalue weighted by Gasteiger charge is -2.52. The molecule has 5 nitrogen and oxygen atoms in total. The zero-order valence-corrected chi connectivity index (χ0v) is 16.4. The van der Waals surface area contributed by atoms with Crippen LogP contribution in [0.25, 0.3) is 0 Å². The van der Waals surface area contributed by atoms with E-state index in [0.717, 1.165) is 44.1 Å². The number of aryl methyl sites for hydroxylation is 1. The Bertz CT molecular complexity index is 863. The quantitative estimate of drug-likeness (QED) is 0.481. The molecule has 0 unspecified atom stereocenters. The van der Waals surface area contributed by atoms with Gasteiger partial charge in [0.2, 0.25) is 0 Å². The van der Waals surface area contributed by atoms with Gasteiger partial charge in [0.1, 0.15) is 5.75 Å². The summed E-state index contributed by atoms with van der Waals surface area (Å²) in [4.78, 5) is 0. The molecule has 142 valence electrons. The van der Waals surface area contributed by atoms with Crippen LogP contribution in [0.3, 0.4) is 0 Å². The Morgan fingerprint density at radius 3 is 2.73 bits per heavy atom. The van der Waals surface area contributed by atoms with Crippen molar-refractivity contribution in [3.8, 4) is 5.75 Å². The van der Waals surface area contributed by atoms with Gasteiger partial charge in [-0.3, -0.25) is 0 Å². The van der Waals surface area contributed by atoms with Gasteiger partial charge in [-0.1, -0.05) is 25.1 Å². The van der Waals surface area contributed by atoms with Crippen molar-refractivity contribution in [1.82, 2.24) is 0 Å². The molecule has 1 N–H and O–H groups in total. The van der Waals surface area contributed by atoms with Crippen molar-refractivity contribution in [3.63, 3.8) is 0 Å². The Hall–Kier alpha value is -1.56. The molecule has 5 atom stereocenters. The highest BCUT2D eigenvalue weighted by atomic mass is 32.2. The van der Waals surface area contributed by atoms with Gasteiger partial charge in [0.05, 0.1) is 12.0 Å². The lowest BCUT2D eigenvalue weighted by molar-refractivity contribution is 0.0550. The smallest absolute Gasteiger partial charge is 0.306 e. The summed E-state index contributed by atoms with van der Waals surface area (Å²) >= 11 is 0. The second-order valence-corrected chi connectivity index (χ2v) is 10.2. The molecular weight excluding hydrogens is 350 g/mol. The highest BCUT2D eigenvalue weighted by Gasteiger charge is 2.56. The third-order valence-corrected chi connectivity index (χ3v) is 7.59. The standard InChI is InChI=1S/C20H27NO4S/c1-12-11-20(2)17(8-9-18(20)21-22)16-6-4-13-10-14(25-26(3,23)24)5-7-15(13)19(12)16/h5,7,10,12,16-17,19,22H,4,6,8-9,11H2,1-3H3/t12-,16-,17-,19+,20-/m0/s1. The molecule has 2 fully saturated rings. The number of nitrogens with zero attached hydrogens (tertiary/aromatic N) is 1. The van der Waals surface area contributed by atoms with Crippen molar-refractivity contribution in [2.45, 2.75) is 51.9 Å². The van der Waals surface area contributed by atoms with Crippen molar-refractivity contribution < 1.29 is 17.8 Å². The number of fused-ring (bicyclic) bond motifs is 5. The second-order valence-electron chi connectivity index (χ2n) is 8.67. The molecular formula is C20H27NO4S. The van der Waals surface area contributed by atoms with E-state index in [1.54, 1.807) is 6.07 Å². The van der Waals surface area contributed by atoms with E-state index in [1.807, 2.05) is 6.07 Å². The van der Waals surface area contributed by atoms with Crippen LogP contribution in [-0.2, 0) is 16.5 Å². The molecule has 0 aliphatic heterocycles.